The van der Waals surface area contributed by atoms with E-state index < -0.39 is 0 Å². The van der Waals surface area contributed by atoms with Crippen molar-refractivity contribution >= 4 is 28.9 Å². The first-order chi connectivity index (χ1) is 9.17. The molecule has 1 nitrogen and oxygen atoms in total. The summed E-state index contributed by atoms with van der Waals surface area (Å²) in [5.41, 5.74) is 2.38. The van der Waals surface area contributed by atoms with E-state index in [4.69, 9.17) is 23.2 Å². The topological polar surface area (TPSA) is 3.24 Å². The molecule has 1 aromatic carbocycles. The molecule has 0 N–H and O–H groups in total. The number of nitrogens with zero attached hydrogens (tertiary/aromatic N) is 1. The Hall–Kier alpha value is -0.400. The largest absolute Gasteiger partial charge is 0.374 e. The van der Waals surface area contributed by atoms with Crippen molar-refractivity contribution in [3.63, 3.8) is 0 Å². The van der Waals surface area contributed by atoms with E-state index in [1.165, 1.54) is 31.4 Å². The summed E-state index contributed by atoms with van der Waals surface area (Å²) in [6.45, 7) is 1.16. The Labute approximate surface area is 125 Å². The van der Waals surface area contributed by atoms with Crippen LogP contribution >= 0.6 is 23.2 Å². The van der Waals surface area contributed by atoms with Gasteiger partial charge in [0.1, 0.15) is 0 Å². The maximum Gasteiger partial charge on any atom is 0.0495 e. The molecular formula is C16H21Cl2N. The van der Waals surface area contributed by atoms with Crippen LogP contribution in [-0.4, -0.2) is 13.6 Å². The van der Waals surface area contributed by atoms with Gasteiger partial charge in [0.25, 0.3) is 0 Å². The molecule has 2 fully saturated rings. The van der Waals surface area contributed by atoms with Gasteiger partial charge in [0.05, 0.1) is 0 Å². The van der Waals surface area contributed by atoms with E-state index in [2.05, 4.69) is 18.0 Å². The van der Waals surface area contributed by atoms with Crippen LogP contribution in [0.4, 0.5) is 5.69 Å². The average molecular weight is 298 g/mol. The number of alkyl halides is 1. The molecule has 2 saturated carbocycles. The number of hydrogen-bond acceptors (Lipinski definition) is 1. The Morgan fingerprint density at radius 1 is 1.26 bits per heavy atom. The molecule has 104 valence electrons. The fraction of sp³-hybridized carbons (Fsp3) is 0.625. The lowest BCUT2D eigenvalue weighted by atomic mass is 9.88. The van der Waals surface area contributed by atoms with E-state index in [9.17, 15) is 0 Å². The second kappa shape index (κ2) is 5.54. The first-order valence-corrected chi connectivity index (χ1v) is 8.14. The quantitative estimate of drug-likeness (QED) is 0.711. The normalized spacial score (nSPS) is 28.9. The van der Waals surface area contributed by atoms with Gasteiger partial charge in [-0.25, -0.2) is 0 Å². The van der Waals surface area contributed by atoms with Crippen molar-refractivity contribution in [2.24, 2.45) is 17.8 Å². The van der Waals surface area contributed by atoms with Crippen molar-refractivity contribution in [1.82, 2.24) is 0 Å². The highest BCUT2D eigenvalue weighted by molar-refractivity contribution is 6.30. The molecule has 2 bridgehead atoms. The third kappa shape index (κ3) is 2.73. The predicted octanol–water partition coefficient (Wildman–Crippen LogP) is 4.95. The van der Waals surface area contributed by atoms with Crippen LogP contribution < -0.4 is 4.90 Å². The number of halogens is 2. The summed E-state index contributed by atoms with van der Waals surface area (Å²) in [5.74, 6) is 3.39. The Morgan fingerprint density at radius 2 is 2.11 bits per heavy atom. The summed E-state index contributed by atoms with van der Waals surface area (Å²) < 4.78 is 0. The van der Waals surface area contributed by atoms with Crippen LogP contribution in [0.1, 0.15) is 31.2 Å². The molecule has 3 unspecified atom stereocenters. The van der Waals surface area contributed by atoms with Gasteiger partial charge in [0.15, 0.2) is 0 Å². The maximum atomic E-state index is 6.04. The molecule has 0 heterocycles. The standard InChI is InChI=1S/C16H21Cl2N/c1-19(10-14-7-11-2-3-12(14)6-11)16-5-4-15(18)8-13(16)9-17/h4-5,8,11-12,14H,2-3,6-7,9-10H2,1H3. The van der Waals surface area contributed by atoms with Crippen molar-refractivity contribution in [1.29, 1.82) is 0 Å². The smallest absolute Gasteiger partial charge is 0.0495 e. The Bertz CT molecular complexity index is 460. The van der Waals surface area contributed by atoms with E-state index in [-0.39, 0.29) is 0 Å². The van der Waals surface area contributed by atoms with Crippen LogP contribution in [-0.2, 0) is 5.88 Å². The van der Waals surface area contributed by atoms with Crippen molar-refractivity contribution in [2.45, 2.75) is 31.6 Å². The van der Waals surface area contributed by atoms with E-state index >= 15 is 0 Å². The van der Waals surface area contributed by atoms with Gasteiger partial charge >= 0.3 is 0 Å². The SMILES string of the molecule is CN(CC1CC2CCC1C2)c1ccc(Cl)cc1CCl. The molecule has 3 atom stereocenters. The van der Waals surface area contributed by atoms with Crippen molar-refractivity contribution in [3.8, 4) is 0 Å². The lowest BCUT2D eigenvalue weighted by molar-refractivity contribution is 0.337. The molecule has 2 aliphatic carbocycles. The molecular weight excluding hydrogens is 277 g/mol. The highest BCUT2D eigenvalue weighted by Crippen LogP contribution is 2.48. The van der Waals surface area contributed by atoms with Crippen LogP contribution in [0.25, 0.3) is 0 Å². The average Bonchev–Trinajstić information content (AvgIpc) is 3.00. The zero-order chi connectivity index (χ0) is 13.4. The molecule has 1 aromatic rings. The minimum Gasteiger partial charge on any atom is -0.374 e. The number of rotatable bonds is 4. The van der Waals surface area contributed by atoms with Gasteiger partial charge in [-0.2, -0.15) is 0 Å². The molecule has 3 rings (SSSR count). The summed E-state index contributed by atoms with van der Waals surface area (Å²) in [4.78, 5) is 2.37. The first kappa shape index (κ1) is 13.6. The molecule has 0 amide bonds. The molecule has 0 saturated heterocycles. The zero-order valence-corrected chi connectivity index (χ0v) is 12.9. The number of fused-ring (bicyclic) bond motifs is 2. The molecule has 0 radical (unpaired) electrons. The molecule has 0 spiro atoms. The monoisotopic (exact) mass is 297 g/mol. The van der Waals surface area contributed by atoms with Crippen molar-refractivity contribution in [2.75, 3.05) is 18.5 Å². The van der Waals surface area contributed by atoms with Gasteiger partial charge in [-0.05, 0) is 60.8 Å². The molecule has 2 aliphatic rings. The van der Waals surface area contributed by atoms with Gasteiger partial charge in [-0.1, -0.05) is 18.0 Å². The van der Waals surface area contributed by atoms with E-state index in [0.29, 0.717) is 5.88 Å². The third-order valence-electron chi connectivity index (χ3n) is 4.99. The molecule has 19 heavy (non-hydrogen) atoms. The fourth-order valence-corrected chi connectivity index (χ4v) is 4.49. The third-order valence-corrected chi connectivity index (χ3v) is 5.51. The van der Waals surface area contributed by atoms with Crippen LogP contribution in [0.2, 0.25) is 5.02 Å². The zero-order valence-electron chi connectivity index (χ0n) is 11.4. The van der Waals surface area contributed by atoms with Crippen molar-refractivity contribution in [3.05, 3.63) is 28.8 Å². The molecule has 0 aromatic heterocycles. The molecule has 0 aliphatic heterocycles. The minimum absolute atomic E-state index is 0.525. The fourth-order valence-electron chi connectivity index (χ4n) is 4.08. The van der Waals surface area contributed by atoms with Crippen LogP contribution in [0.3, 0.4) is 0 Å². The number of hydrogen-bond donors (Lipinski definition) is 0. The Kier molecular flexibility index (Phi) is 3.96. The second-order valence-corrected chi connectivity index (χ2v) is 6.93. The summed E-state index contributed by atoms with van der Waals surface area (Å²) >= 11 is 12.1. The van der Waals surface area contributed by atoms with Gasteiger partial charge < -0.3 is 4.90 Å². The lowest BCUT2D eigenvalue weighted by Crippen LogP contribution is -2.29. The van der Waals surface area contributed by atoms with Crippen LogP contribution in [0, 0.1) is 17.8 Å². The van der Waals surface area contributed by atoms with Gasteiger partial charge in [-0.3, -0.25) is 0 Å². The first-order valence-electron chi connectivity index (χ1n) is 7.23. The van der Waals surface area contributed by atoms with Crippen molar-refractivity contribution < 1.29 is 0 Å². The predicted molar refractivity (Wildman–Crippen MR) is 83.2 cm³/mol. The molecule has 3 heteroatoms. The lowest BCUT2D eigenvalue weighted by Gasteiger charge is -2.29. The highest BCUT2D eigenvalue weighted by Gasteiger charge is 2.39. The summed E-state index contributed by atoms with van der Waals surface area (Å²) in [5, 5.41) is 0.771. The minimum atomic E-state index is 0.525. The highest BCUT2D eigenvalue weighted by atomic mass is 35.5. The second-order valence-electron chi connectivity index (χ2n) is 6.22. The van der Waals surface area contributed by atoms with Gasteiger partial charge in [0, 0.05) is 30.2 Å². The van der Waals surface area contributed by atoms with Gasteiger partial charge in [-0.15, -0.1) is 11.6 Å². The summed E-state index contributed by atoms with van der Waals surface area (Å²) in [7, 11) is 2.19. The summed E-state index contributed by atoms with van der Waals surface area (Å²) in [6.07, 6.45) is 5.82. The number of benzene rings is 1. The van der Waals surface area contributed by atoms with E-state index in [1.54, 1.807) is 0 Å². The maximum absolute atomic E-state index is 6.04. The Balaban J connectivity index is 1.71. The Morgan fingerprint density at radius 3 is 2.74 bits per heavy atom. The van der Waals surface area contributed by atoms with E-state index in [1.807, 2.05) is 12.1 Å². The van der Waals surface area contributed by atoms with Crippen LogP contribution in [0.5, 0.6) is 0 Å². The van der Waals surface area contributed by atoms with E-state index in [0.717, 1.165) is 34.9 Å². The van der Waals surface area contributed by atoms with Crippen LogP contribution in [0.15, 0.2) is 18.2 Å². The van der Waals surface area contributed by atoms with Gasteiger partial charge in [0.2, 0.25) is 0 Å². The number of anilines is 1. The summed E-state index contributed by atoms with van der Waals surface area (Å²) in [6, 6.07) is 6.05.